The molecule has 11 heteroatoms. The molecule has 23 heavy (non-hydrogen) atoms. The van der Waals surface area contributed by atoms with Gasteiger partial charge in [0.1, 0.15) is 22.8 Å². The molecule has 0 aromatic heterocycles. The normalized spacial score (nSPS) is 14.1. The van der Waals surface area contributed by atoms with E-state index in [4.69, 9.17) is 31.7 Å². The van der Waals surface area contributed by atoms with E-state index in [0.29, 0.717) is 0 Å². The van der Waals surface area contributed by atoms with Crippen molar-refractivity contribution in [1.29, 1.82) is 0 Å². The molecule has 0 aliphatic carbocycles. The summed E-state index contributed by atoms with van der Waals surface area (Å²) >= 11 is 5.67. The van der Waals surface area contributed by atoms with E-state index in [9.17, 15) is 23.1 Å². The van der Waals surface area contributed by atoms with Gasteiger partial charge in [0.15, 0.2) is 0 Å². The highest BCUT2D eigenvalue weighted by Gasteiger charge is 2.25. The first-order valence-corrected chi connectivity index (χ1v) is 7.92. The standard InChI is InChI=1S/C12H14ClNO8S/c1-5(10(14)12(17)18)22-9(15)3-6-2-7(13)4-8(11(6)16)23(19,20)21/h2,4-5,10,16H,3,14H2,1H3,(H,17,18)(H,19,20,21)/t5-,10-/m0/s1. The zero-order valence-corrected chi connectivity index (χ0v) is 13.3. The Morgan fingerprint density at radius 2 is 1.96 bits per heavy atom. The maximum Gasteiger partial charge on any atom is 0.324 e. The van der Waals surface area contributed by atoms with Crippen LogP contribution in [0.1, 0.15) is 12.5 Å². The van der Waals surface area contributed by atoms with E-state index in [1.165, 1.54) is 6.92 Å². The molecule has 9 nitrogen and oxygen atoms in total. The molecule has 0 unspecified atom stereocenters. The van der Waals surface area contributed by atoms with Gasteiger partial charge >= 0.3 is 11.9 Å². The molecule has 1 rings (SSSR count). The minimum atomic E-state index is -4.75. The molecule has 0 saturated carbocycles. The summed E-state index contributed by atoms with van der Waals surface area (Å²) in [5.41, 5.74) is 5.06. The third-order valence-electron chi connectivity index (χ3n) is 2.84. The largest absolute Gasteiger partial charge is 0.506 e. The Morgan fingerprint density at radius 1 is 1.39 bits per heavy atom. The Kier molecular flexibility index (Phi) is 5.94. The van der Waals surface area contributed by atoms with Gasteiger partial charge in [0, 0.05) is 10.6 Å². The number of halogens is 1. The molecule has 0 spiro atoms. The average Bonchev–Trinajstić information content (AvgIpc) is 2.39. The van der Waals surface area contributed by atoms with Crippen LogP contribution in [0.25, 0.3) is 0 Å². The van der Waals surface area contributed by atoms with E-state index in [2.05, 4.69) is 0 Å². The molecular weight excluding hydrogens is 354 g/mol. The summed E-state index contributed by atoms with van der Waals surface area (Å²) in [5.74, 6) is -3.19. The number of phenolic OH excluding ortho intramolecular Hbond substituents is 1. The molecular formula is C12H14ClNO8S. The van der Waals surface area contributed by atoms with Gasteiger partial charge in [-0.15, -0.1) is 0 Å². The quantitative estimate of drug-likeness (QED) is 0.405. The van der Waals surface area contributed by atoms with E-state index in [0.717, 1.165) is 12.1 Å². The third kappa shape index (κ3) is 5.06. The van der Waals surface area contributed by atoms with Crippen LogP contribution in [0, 0.1) is 0 Å². The molecule has 5 N–H and O–H groups in total. The lowest BCUT2D eigenvalue weighted by Crippen LogP contribution is -2.42. The van der Waals surface area contributed by atoms with Gasteiger partial charge in [0.25, 0.3) is 10.1 Å². The van der Waals surface area contributed by atoms with Gasteiger partial charge in [0.2, 0.25) is 0 Å². The Bertz CT molecular complexity index is 733. The molecule has 0 radical (unpaired) electrons. The lowest BCUT2D eigenvalue weighted by atomic mass is 10.1. The molecule has 128 valence electrons. The Labute approximate surface area is 136 Å². The van der Waals surface area contributed by atoms with Gasteiger partial charge in [-0.1, -0.05) is 11.6 Å². The summed E-state index contributed by atoms with van der Waals surface area (Å²) in [4.78, 5) is 21.5. The number of carboxylic acid groups (broad SMARTS) is 1. The highest BCUT2D eigenvalue weighted by Crippen LogP contribution is 2.31. The number of carbonyl (C=O) groups excluding carboxylic acids is 1. The van der Waals surface area contributed by atoms with E-state index in [1.54, 1.807) is 0 Å². The zero-order chi connectivity index (χ0) is 17.9. The predicted octanol–water partition coefficient (Wildman–Crippen LogP) is 0.178. The Hall–Kier alpha value is -1.88. The maximum atomic E-state index is 11.7. The minimum Gasteiger partial charge on any atom is -0.506 e. The summed E-state index contributed by atoms with van der Waals surface area (Å²) in [6, 6.07) is 0.471. The van der Waals surface area contributed by atoms with Crippen molar-refractivity contribution in [2.75, 3.05) is 0 Å². The molecule has 0 amide bonds. The highest BCUT2D eigenvalue weighted by molar-refractivity contribution is 7.86. The third-order valence-corrected chi connectivity index (χ3v) is 3.92. The van der Waals surface area contributed by atoms with Crippen LogP contribution in [0.15, 0.2) is 17.0 Å². The second-order valence-corrected chi connectivity index (χ2v) is 6.45. The fourth-order valence-electron chi connectivity index (χ4n) is 1.64. The highest BCUT2D eigenvalue weighted by atomic mass is 35.5. The topological polar surface area (TPSA) is 164 Å². The summed E-state index contributed by atoms with van der Waals surface area (Å²) in [6.45, 7) is 1.26. The van der Waals surface area contributed by atoms with Crippen LogP contribution in [-0.2, 0) is 30.9 Å². The van der Waals surface area contributed by atoms with E-state index in [-0.39, 0.29) is 10.6 Å². The lowest BCUT2D eigenvalue weighted by Gasteiger charge is -2.17. The van der Waals surface area contributed by atoms with Crippen LogP contribution >= 0.6 is 11.6 Å². The van der Waals surface area contributed by atoms with Gasteiger partial charge in [-0.3, -0.25) is 14.1 Å². The van der Waals surface area contributed by atoms with Gasteiger partial charge in [-0.25, -0.2) is 0 Å². The SMILES string of the molecule is C[C@H](OC(=O)Cc1cc(Cl)cc(S(=O)(=O)O)c1O)[C@H](N)C(=O)O. The maximum absolute atomic E-state index is 11.7. The summed E-state index contributed by atoms with van der Waals surface area (Å²) < 4.78 is 36.0. The van der Waals surface area contributed by atoms with Crippen molar-refractivity contribution >= 4 is 33.7 Å². The van der Waals surface area contributed by atoms with Crippen LogP contribution in [0.2, 0.25) is 5.02 Å². The number of phenols is 1. The first-order chi connectivity index (χ1) is 10.4. The second-order valence-electron chi connectivity index (χ2n) is 4.62. The monoisotopic (exact) mass is 367 g/mol. The van der Waals surface area contributed by atoms with Crippen molar-refractivity contribution < 1.29 is 37.5 Å². The molecule has 0 aliphatic rings. The van der Waals surface area contributed by atoms with E-state index in [1.807, 2.05) is 0 Å². The number of carbonyl (C=O) groups is 2. The average molecular weight is 368 g/mol. The van der Waals surface area contributed by atoms with Crippen LogP contribution < -0.4 is 5.73 Å². The lowest BCUT2D eigenvalue weighted by molar-refractivity contribution is -0.152. The van der Waals surface area contributed by atoms with Crippen molar-refractivity contribution in [1.82, 2.24) is 0 Å². The number of aliphatic carboxylic acids is 1. The molecule has 2 atom stereocenters. The summed E-state index contributed by atoms with van der Waals surface area (Å²) in [6.07, 6.45) is -1.76. The number of hydrogen-bond donors (Lipinski definition) is 4. The molecule has 0 aliphatic heterocycles. The smallest absolute Gasteiger partial charge is 0.324 e. The number of rotatable bonds is 6. The zero-order valence-electron chi connectivity index (χ0n) is 11.8. The Morgan fingerprint density at radius 3 is 2.43 bits per heavy atom. The Balaban J connectivity index is 3.00. The van der Waals surface area contributed by atoms with Crippen LogP contribution in [0.5, 0.6) is 5.75 Å². The number of nitrogens with two attached hydrogens (primary N) is 1. The first kappa shape index (κ1) is 19.2. The number of esters is 1. The molecule has 1 aromatic carbocycles. The van der Waals surface area contributed by atoms with Crippen LogP contribution in [0.3, 0.4) is 0 Å². The minimum absolute atomic E-state index is 0.145. The van der Waals surface area contributed by atoms with Crippen LogP contribution in [0.4, 0.5) is 0 Å². The fraction of sp³-hybridized carbons (Fsp3) is 0.333. The van der Waals surface area contributed by atoms with Crippen molar-refractivity contribution in [3.8, 4) is 5.75 Å². The second kappa shape index (κ2) is 7.13. The summed E-state index contributed by atoms with van der Waals surface area (Å²) in [5, 5.41) is 18.4. The number of hydrogen-bond acceptors (Lipinski definition) is 7. The van der Waals surface area contributed by atoms with Crippen molar-refractivity contribution in [3.63, 3.8) is 0 Å². The van der Waals surface area contributed by atoms with Crippen molar-refractivity contribution in [2.24, 2.45) is 5.73 Å². The molecule has 1 aromatic rings. The molecule has 0 saturated heterocycles. The van der Waals surface area contributed by atoms with Gasteiger partial charge in [0.05, 0.1) is 6.42 Å². The molecule has 0 bridgehead atoms. The predicted molar refractivity (Wildman–Crippen MR) is 77.8 cm³/mol. The van der Waals surface area contributed by atoms with Gasteiger partial charge in [-0.05, 0) is 19.1 Å². The van der Waals surface area contributed by atoms with E-state index >= 15 is 0 Å². The number of carboxylic acids is 1. The van der Waals surface area contributed by atoms with Gasteiger partial charge < -0.3 is 20.7 Å². The summed E-state index contributed by atoms with van der Waals surface area (Å²) in [7, 11) is -4.75. The molecule has 0 heterocycles. The number of ether oxygens (including phenoxy) is 1. The fourth-order valence-corrected chi connectivity index (χ4v) is 2.60. The van der Waals surface area contributed by atoms with Gasteiger partial charge in [-0.2, -0.15) is 8.42 Å². The van der Waals surface area contributed by atoms with Crippen molar-refractivity contribution in [2.45, 2.75) is 30.4 Å². The first-order valence-electron chi connectivity index (χ1n) is 6.10. The van der Waals surface area contributed by atoms with Crippen LogP contribution in [-0.4, -0.2) is 47.3 Å². The number of aromatic hydroxyl groups is 1. The number of benzene rings is 1. The molecule has 0 fully saturated rings. The van der Waals surface area contributed by atoms with Crippen molar-refractivity contribution in [3.05, 3.63) is 22.7 Å². The van der Waals surface area contributed by atoms with E-state index < -0.39 is 51.3 Å².